The van der Waals surface area contributed by atoms with Crippen LogP contribution in [0.3, 0.4) is 0 Å². The monoisotopic (exact) mass is 410 g/mol. The van der Waals surface area contributed by atoms with E-state index in [1.165, 1.54) is 0 Å². The van der Waals surface area contributed by atoms with Crippen molar-refractivity contribution in [1.82, 2.24) is 14.6 Å². The number of carbonyl (C=O) groups is 1. The maximum Gasteiger partial charge on any atom is 0.259 e. The van der Waals surface area contributed by atoms with Gasteiger partial charge in [0.15, 0.2) is 5.65 Å². The standard InChI is InChI=1S/C21H16Cl2N4O/c1-12-16(21(28)25-18-6-4-3-5-17(18)23)11-27-20(24-12)19(13(2)26-27)14-7-9-15(22)10-8-14/h3-11H,1-2H3,(H,25,28). The van der Waals surface area contributed by atoms with Crippen molar-refractivity contribution in [3.05, 3.63) is 81.7 Å². The number of anilines is 1. The van der Waals surface area contributed by atoms with Gasteiger partial charge >= 0.3 is 0 Å². The zero-order chi connectivity index (χ0) is 19.8. The van der Waals surface area contributed by atoms with Gasteiger partial charge in [0.1, 0.15) is 0 Å². The number of halogens is 2. The highest BCUT2D eigenvalue weighted by atomic mass is 35.5. The second kappa shape index (κ2) is 7.26. The van der Waals surface area contributed by atoms with E-state index in [4.69, 9.17) is 23.2 Å². The minimum Gasteiger partial charge on any atom is -0.321 e. The number of hydrogen-bond donors (Lipinski definition) is 1. The third kappa shape index (κ3) is 3.35. The molecule has 2 aromatic heterocycles. The van der Waals surface area contributed by atoms with Crippen LogP contribution in [0.25, 0.3) is 16.8 Å². The smallest absolute Gasteiger partial charge is 0.259 e. The van der Waals surface area contributed by atoms with Crippen LogP contribution >= 0.6 is 23.2 Å². The van der Waals surface area contributed by atoms with E-state index in [9.17, 15) is 4.79 Å². The molecule has 0 aliphatic rings. The molecule has 2 heterocycles. The Morgan fingerprint density at radius 3 is 2.43 bits per heavy atom. The van der Waals surface area contributed by atoms with E-state index in [2.05, 4.69) is 15.4 Å². The average molecular weight is 411 g/mol. The molecule has 4 rings (SSSR count). The first kappa shape index (κ1) is 18.5. The molecule has 4 aromatic rings. The number of fused-ring (bicyclic) bond motifs is 1. The number of hydrogen-bond acceptors (Lipinski definition) is 3. The molecule has 2 aromatic carbocycles. The molecule has 0 bridgehead atoms. The molecule has 1 amide bonds. The molecular weight excluding hydrogens is 395 g/mol. The highest BCUT2D eigenvalue weighted by Gasteiger charge is 2.18. The lowest BCUT2D eigenvalue weighted by molar-refractivity contribution is 0.102. The number of benzene rings is 2. The van der Waals surface area contributed by atoms with Gasteiger partial charge in [-0.25, -0.2) is 9.50 Å². The van der Waals surface area contributed by atoms with Gasteiger partial charge in [0, 0.05) is 16.8 Å². The van der Waals surface area contributed by atoms with Crippen molar-refractivity contribution >= 4 is 40.4 Å². The van der Waals surface area contributed by atoms with Crippen LogP contribution in [0.4, 0.5) is 5.69 Å². The predicted octanol–water partition coefficient (Wildman–Crippen LogP) is 5.57. The number of aromatic nitrogens is 3. The molecule has 0 aliphatic carbocycles. The summed E-state index contributed by atoms with van der Waals surface area (Å²) in [5, 5.41) is 8.50. The number of carbonyl (C=O) groups excluding carboxylic acids is 1. The maximum absolute atomic E-state index is 12.8. The van der Waals surface area contributed by atoms with Crippen molar-refractivity contribution in [3.8, 4) is 11.1 Å². The molecule has 140 valence electrons. The Balaban J connectivity index is 1.76. The van der Waals surface area contributed by atoms with Gasteiger partial charge in [-0.05, 0) is 43.7 Å². The molecule has 1 N–H and O–H groups in total. The molecule has 28 heavy (non-hydrogen) atoms. The quantitative estimate of drug-likeness (QED) is 0.479. The van der Waals surface area contributed by atoms with Gasteiger partial charge in [0.25, 0.3) is 5.91 Å². The molecule has 0 saturated heterocycles. The van der Waals surface area contributed by atoms with Crippen molar-refractivity contribution in [1.29, 1.82) is 0 Å². The van der Waals surface area contributed by atoms with Gasteiger partial charge in [-0.1, -0.05) is 47.5 Å². The van der Waals surface area contributed by atoms with Crippen molar-refractivity contribution in [2.75, 3.05) is 5.32 Å². The van der Waals surface area contributed by atoms with E-state index in [1.807, 2.05) is 43.3 Å². The summed E-state index contributed by atoms with van der Waals surface area (Å²) >= 11 is 12.1. The Hall–Kier alpha value is -2.89. The number of amides is 1. The van der Waals surface area contributed by atoms with Crippen LogP contribution in [0.15, 0.2) is 54.7 Å². The summed E-state index contributed by atoms with van der Waals surface area (Å²) in [5.41, 5.74) is 4.97. The van der Waals surface area contributed by atoms with Crippen LogP contribution < -0.4 is 5.32 Å². The van der Waals surface area contributed by atoms with Crippen molar-refractivity contribution in [3.63, 3.8) is 0 Å². The van der Waals surface area contributed by atoms with Crippen LogP contribution in [0.2, 0.25) is 10.0 Å². The van der Waals surface area contributed by atoms with Crippen molar-refractivity contribution in [2.24, 2.45) is 0 Å². The number of para-hydroxylation sites is 1. The van der Waals surface area contributed by atoms with Crippen LogP contribution in [0.5, 0.6) is 0 Å². The van der Waals surface area contributed by atoms with E-state index in [0.29, 0.717) is 32.6 Å². The topological polar surface area (TPSA) is 59.3 Å². The minimum absolute atomic E-state index is 0.291. The Kier molecular flexibility index (Phi) is 4.79. The molecule has 0 fully saturated rings. The molecule has 7 heteroatoms. The molecule has 0 aliphatic heterocycles. The number of rotatable bonds is 3. The highest BCUT2D eigenvalue weighted by molar-refractivity contribution is 6.34. The lowest BCUT2D eigenvalue weighted by Gasteiger charge is -2.09. The number of aryl methyl sites for hydroxylation is 2. The van der Waals surface area contributed by atoms with E-state index in [0.717, 1.165) is 16.8 Å². The summed E-state index contributed by atoms with van der Waals surface area (Å²) in [5.74, 6) is -0.291. The van der Waals surface area contributed by atoms with Crippen molar-refractivity contribution < 1.29 is 4.79 Å². The first-order valence-electron chi connectivity index (χ1n) is 8.62. The molecule has 0 radical (unpaired) electrons. The summed E-state index contributed by atoms with van der Waals surface area (Å²) in [6.07, 6.45) is 1.69. The molecule has 0 atom stereocenters. The fourth-order valence-corrected chi connectivity index (χ4v) is 3.41. The largest absolute Gasteiger partial charge is 0.321 e. The zero-order valence-electron chi connectivity index (χ0n) is 15.2. The van der Waals surface area contributed by atoms with Gasteiger partial charge in [0.2, 0.25) is 0 Å². The van der Waals surface area contributed by atoms with E-state index < -0.39 is 0 Å². The van der Waals surface area contributed by atoms with Gasteiger partial charge in [-0.15, -0.1) is 0 Å². The Morgan fingerprint density at radius 1 is 1.00 bits per heavy atom. The van der Waals surface area contributed by atoms with Gasteiger partial charge < -0.3 is 5.32 Å². The molecular formula is C21H16Cl2N4O. The predicted molar refractivity (Wildman–Crippen MR) is 112 cm³/mol. The normalized spacial score (nSPS) is 11.0. The van der Waals surface area contributed by atoms with E-state index in [-0.39, 0.29) is 5.91 Å². The SMILES string of the molecule is Cc1nc2c(-c3ccc(Cl)cc3)c(C)nn2cc1C(=O)Nc1ccccc1Cl. The lowest BCUT2D eigenvalue weighted by Crippen LogP contribution is -2.15. The average Bonchev–Trinajstić information content (AvgIpc) is 2.98. The fraction of sp³-hybridized carbons (Fsp3) is 0.0952. The number of nitrogens with one attached hydrogen (secondary N) is 1. The lowest BCUT2D eigenvalue weighted by atomic mass is 10.1. The first-order chi connectivity index (χ1) is 13.4. The van der Waals surface area contributed by atoms with E-state index in [1.54, 1.807) is 29.8 Å². The first-order valence-corrected chi connectivity index (χ1v) is 9.38. The second-order valence-corrected chi connectivity index (χ2v) is 7.25. The minimum atomic E-state index is -0.291. The third-order valence-corrected chi connectivity index (χ3v) is 5.06. The summed E-state index contributed by atoms with van der Waals surface area (Å²) in [4.78, 5) is 17.4. The van der Waals surface area contributed by atoms with Crippen molar-refractivity contribution in [2.45, 2.75) is 13.8 Å². The fourth-order valence-electron chi connectivity index (χ4n) is 3.10. The van der Waals surface area contributed by atoms with Crippen LogP contribution in [0.1, 0.15) is 21.7 Å². The zero-order valence-corrected chi connectivity index (χ0v) is 16.7. The Bertz CT molecular complexity index is 1200. The number of nitrogens with zero attached hydrogens (tertiary/aromatic N) is 3. The van der Waals surface area contributed by atoms with Crippen LogP contribution in [-0.2, 0) is 0 Å². The van der Waals surface area contributed by atoms with Crippen LogP contribution in [-0.4, -0.2) is 20.5 Å². The highest BCUT2D eigenvalue weighted by Crippen LogP contribution is 2.29. The summed E-state index contributed by atoms with van der Waals surface area (Å²) < 4.78 is 1.63. The summed E-state index contributed by atoms with van der Waals surface area (Å²) in [6.45, 7) is 3.72. The second-order valence-electron chi connectivity index (χ2n) is 6.41. The third-order valence-electron chi connectivity index (χ3n) is 4.47. The molecule has 0 saturated carbocycles. The maximum atomic E-state index is 12.8. The Morgan fingerprint density at radius 2 is 1.71 bits per heavy atom. The van der Waals surface area contributed by atoms with Gasteiger partial charge in [-0.2, -0.15) is 5.10 Å². The summed E-state index contributed by atoms with van der Waals surface area (Å²) in [7, 11) is 0. The molecule has 0 spiro atoms. The van der Waals surface area contributed by atoms with Gasteiger partial charge in [0.05, 0.1) is 27.7 Å². The molecule has 0 unspecified atom stereocenters. The van der Waals surface area contributed by atoms with Crippen LogP contribution in [0, 0.1) is 13.8 Å². The van der Waals surface area contributed by atoms with E-state index >= 15 is 0 Å². The Labute approximate surface area is 171 Å². The van der Waals surface area contributed by atoms with Gasteiger partial charge in [-0.3, -0.25) is 4.79 Å². The summed E-state index contributed by atoms with van der Waals surface area (Å²) in [6, 6.07) is 14.6. The molecule has 5 nitrogen and oxygen atoms in total.